The molecule has 0 aromatic heterocycles. The van der Waals surface area contributed by atoms with Crippen molar-refractivity contribution in [2.24, 2.45) is 5.73 Å². The molecule has 0 radical (unpaired) electrons. The van der Waals surface area contributed by atoms with Crippen molar-refractivity contribution < 1.29 is 18.3 Å². The predicted octanol–water partition coefficient (Wildman–Crippen LogP) is 5.15. The second-order valence-corrected chi connectivity index (χ2v) is 7.58. The number of nitrogens with two attached hydrogens (primary N) is 1. The van der Waals surface area contributed by atoms with Crippen LogP contribution in [0.2, 0.25) is 0 Å². The number of halogens is 3. The largest absolute Gasteiger partial charge is 0.478 e. The minimum absolute atomic E-state index is 0.188. The van der Waals surface area contributed by atoms with Crippen LogP contribution in [0.1, 0.15) is 21.5 Å². The molecule has 0 bridgehead atoms. The van der Waals surface area contributed by atoms with Crippen LogP contribution in [0.5, 0.6) is 5.75 Å². The lowest BCUT2D eigenvalue weighted by molar-refractivity contribution is 0.1000. The highest BCUT2D eigenvalue weighted by atomic mass is 127. The monoisotopic (exact) mass is 518 g/mol. The first-order chi connectivity index (χ1) is 14.4. The number of primary amides is 1. The second kappa shape index (κ2) is 9.59. The van der Waals surface area contributed by atoms with Gasteiger partial charge in [-0.25, -0.2) is 4.39 Å². The Morgan fingerprint density at radius 2 is 1.87 bits per heavy atom. The Hall–Kier alpha value is -3.12. The number of carbonyl (C=O) groups is 1. The van der Waals surface area contributed by atoms with Crippen molar-refractivity contribution in [2.45, 2.75) is 6.92 Å². The van der Waals surface area contributed by atoms with Gasteiger partial charge in [0.1, 0.15) is 6.61 Å². The van der Waals surface area contributed by atoms with E-state index in [1.54, 1.807) is 12.1 Å². The van der Waals surface area contributed by atoms with Crippen LogP contribution in [0.3, 0.4) is 0 Å². The van der Waals surface area contributed by atoms with E-state index in [1.165, 1.54) is 0 Å². The summed E-state index contributed by atoms with van der Waals surface area (Å²) in [4.78, 5) is 11.9. The van der Waals surface area contributed by atoms with Crippen molar-refractivity contribution in [1.82, 2.24) is 0 Å². The van der Waals surface area contributed by atoms with Gasteiger partial charge in [-0.05, 0) is 71.5 Å². The molecule has 0 atom stereocenters. The van der Waals surface area contributed by atoms with Gasteiger partial charge in [-0.15, -0.1) is 0 Å². The molecule has 0 aliphatic carbocycles. The molecule has 7 heteroatoms. The van der Waals surface area contributed by atoms with Crippen molar-refractivity contribution >= 4 is 39.9 Å². The molecule has 0 unspecified atom stereocenters. The standard InChI is InChI=1S/C23H17F2IN2O2/c1-14-12-16(26)9-10-18(14)28-22-17(23(27)29)13-19(20(24)21(22)25)30-11-5-8-15-6-3-2-4-7-15/h2-4,6-7,9-10,12-13,28H,11H2,1H3,(H2,27,29). The summed E-state index contributed by atoms with van der Waals surface area (Å²) in [6.07, 6.45) is 0. The summed E-state index contributed by atoms with van der Waals surface area (Å²) in [5.74, 6) is 1.73. The number of amides is 1. The summed E-state index contributed by atoms with van der Waals surface area (Å²) >= 11 is 2.14. The van der Waals surface area contributed by atoms with Gasteiger partial charge in [0.15, 0.2) is 11.6 Å². The third-order valence-electron chi connectivity index (χ3n) is 4.19. The Morgan fingerprint density at radius 3 is 2.53 bits per heavy atom. The second-order valence-electron chi connectivity index (χ2n) is 6.33. The van der Waals surface area contributed by atoms with Gasteiger partial charge in [-0.3, -0.25) is 4.79 Å². The molecule has 0 saturated carbocycles. The van der Waals surface area contributed by atoms with Crippen LogP contribution in [-0.2, 0) is 0 Å². The first kappa shape index (κ1) is 21.6. The lowest BCUT2D eigenvalue weighted by atomic mass is 10.1. The maximum Gasteiger partial charge on any atom is 0.251 e. The van der Waals surface area contributed by atoms with E-state index >= 15 is 0 Å². The third-order valence-corrected chi connectivity index (χ3v) is 4.86. The molecule has 3 aromatic rings. The Kier molecular flexibility index (Phi) is 6.90. The van der Waals surface area contributed by atoms with Crippen molar-refractivity contribution in [2.75, 3.05) is 11.9 Å². The molecule has 0 fully saturated rings. The molecule has 0 saturated heterocycles. The van der Waals surface area contributed by atoms with Crippen LogP contribution < -0.4 is 15.8 Å². The van der Waals surface area contributed by atoms with Gasteiger partial charge in [-0.2, -0.15) is 4.39 Å². The van der Waals surface area contributed by atoms with E-state index in [0.717, 1.165) is 20.8 Å². The van der Waals surface area contributed by atoms with Crippen LogP contribution in [0.15, 0.2) is 54.6 Å². The van der Waals surface area contributed by atoms with E-state index in [0.29, 0.717) is 5.69 Å². The third kappa shape index (κ3) is 5.07. The maximum atomic E-state index is 14.8. The van der Waals surface area contributed by atoms with Gasteiger partial charge in [-0.1, -0.05) is 30.0 Å². The van der Waals surface area contributed by atoms with Crippen LogP contribution in [-0.4, -0.2) is 12.5 Å². The predicted molar refractivity (Wildman–Crippen MR) is 121 cm³/mol. The Balaban J connectivity index is 1.88. The summed E-state index contributed by atoms with van der Waals surface area (Å²) in [6.45, 7) is 1.62. The smallest absolute Gasteiger partial charge is 0.251 e. The average molecular weight is 518 g/mol. The number of rotatable bonds is 5. The molecular formula is C23H17F2IN2O2. The highest BCUT2D eigenvalue weighted by Gasteiger charge is 2.23. The Morgan fingerprint density at radius 1 is 1.13 bits per heavy atom. The van der Waals surface area contributed by atoms with Gasteiger partial charge >= 0.3 is 0 Å². The van der Waals surface area contributed by atoms with Crippen molar-refractivity contribution in [3.63, 3.8) is 0 Å². The highest BCUT2D eigenvalue weighted by Crippen LogP contribution is 2.33. The molecule has 1 amide bonds. The Bertz CT molecular complexity index is 1160. The first-order valence-electron chi connectivity index (χ1n) is 8.88. The topological polar surface area (TPSA) is 64.3 Å². The zero-order valence-electron chi connectivity index (χ0n) is 15.9. The molecule has 0 heterocycles. The summed E-state index contributed by atoms with van der Waals surface area (Å²) in [5.41, 5.74) is 6.92. The SMILES string of the molecule is Cc1cc(I)ccc1Nc1c(C(N)=O)cc(OCC#Cc2ccccc2)c(F)c1F. The lowest BCUT2D eigenvalue weighted by Crippen LogP contribution is -2.16. The zero-order chi connectivity index (χ0) is 21.7. The number of hydrogen-bond donors (Lipinski definition) is 2. The van der Waals surface area contributed by atoms with Crippen molar-refractivity contribution in [3.05, 3.63) is 86.5 Å². The number of hydrogen-bond acceptors (Lipinski definition) is 3. The number of carbonyl (C=O) groups excluding carboxylic acids is 1. The maximum absolute atomic E-state index is 14.8. The van der Waals surface area contributed by atoms with Gasteiger partial charge in [0.25, 0.3) is 5.91 Å². The number of anilines is 2. The van der Waals surface area contributed by atoms with Crippen LogP contribution in [0.25, 0.3) is 0 Å². The highest BCUT2D eigenvalue weighted by molar-refractivity contribution is 14.1. The van der Waals surface area contributed by atoms with Gasteiger partial charge in [0.2, 0.25) is 5.82 Å². The fraction of sp³-hybridized carbons (Fsp3) is 0.0870. The normalized spacial score (nSPS) is 10.1. The van der Waals surface area contributed by atoms with E-state index in [-0.39, 0.29) is 17.9 Å². The summed E-state index contributed by atoms with van der Waals surface area (Å²) in [7, 11) is 0. The number of nitrogens with one attached hydrogen (secondary N) is 1. The fourth-order valence-electron chi connectivity index (χ4n) is 2.70. The summed E-state index contributed by atoms with van der Waals surface area (Å²) in [6, 6.07) is 15.6. The summed E-state index contributed by atoms with van der Waals surface area (Å²) < 4.78 is 35.6. The molecule has 3 N–H and O–H groups in total. The zero-order valence-corrected chi connectivity index (χ0v) is 18.1. The number of benzene rings is 3. The van der Waals surface area contributed by atoms with E-state index < -0.39 is 23.3 Å². The van der Waals surface area contributed by atoms with Gasteiger partial charge < -0.3 is 15.8 Å². The summed E-state index contributed by atoms with van der Waals surface area (Å²) in [5, 5.41) is 2.77. The van der Waals surface area contributed by atoms with Crippen LogP contribution >= 0.6 is 22.6 Å². The van der Waals surface area contributed by atoms with E-state index in [9.17, 15) is 13.6 Å². The first-order valence-corrected chi connectivity index (χ1v) is 9.96. The molecule has 0 aliphatic heterocycles. The van der Waals surface area contributed by atoms with Crippen LogP contribution in [0, 0.1) is 34.0 Å². The van der Waals surface area contributed by atoms with Crippen molar-refractivity contribution in [3.8, 4) is 17.6 Å². The van der Waals surface area contributed by atoms with E-state index in [1.807, 2.05) is 43.3 Å². The van der Waals surface area contributed by atoms with E-state index in [4.69, 9.17) is 10.5 Å². The molecule has 3 aromatic carbocycles. The molecule has 30 heavy (non-hydrogen) atoms. The van der Waals surface area contributed by atoms with Gasteiger partial charge in [0, 0.05) is 14.8 Å². The molecule has 0 spiro atoms. The minimum Gasteiger partial charge on any atom is -0.478 e. The molecule has 4 nitrogen and oxygen atoms in total. The number of aryl methyl sites for hydroxylation is 1. The van der Waals surface area contributed by atoms with Gasteiger partial charge in [0.05, 0.1) is 11.3 Å². The molecule has 152 valence electrons. The van der Waals surface area contributed by atoms with E-state index in [2.05, 4.69) is 39.7 Å². The number of ether oxygens (including phenoxy) is 1. The molecular weight excluding hydrogens is 501 g/mol. The quantitative estimate of drug-likeness (QED) is 0.363. The Labute approximate surface area is 186 Å². The lowest BCUT2D eigenvalue weighted by Gasteiger charge is -2.16. The minimum atomic E-state index is -1.25. The van der Waals surface area contributed by atoms with Crippen molar-refractivity contribution in [1.29, 1.82) is 0 Å². The van der Waals surface area contributed by atoms with Crippen LogP contribution in [0.4, 0.5) is 20.2 Å². The fourth-order valence-corrected chi connectivity index (χ4v) is 3.35. The average Bonchev–Trinajstić information content (AvgIpc) is 2.72. The molecule has 3 rings (SSSR count). The molecule has 0 aliphatic rings.